The lowest BCUT2D eigenvalue weighted by Crippen LogP contribution is -2.60. The van der Waals surface area contributed by atoms with Gasteiger partial charge in [-0.15, -0.1) is 0 Å². The number of phenolic OH excluding ortho intramolecular Hbond substituents is 1. The van der Waals surface area contributed by atoms with E-state index >= 15 is 0 Å². The molecule has 7 atom stereocenters. The average Bonchev–Trinajstić information content (AvgIpc) is 2.79. The summed E-state index contributed by atoms with van der Waals surface area (Å²) in [5, 5.41) is 51.6. The van der Waals surface area contributed by atoms with Gasteiger partial charge in [0.25, 0.3) is 0 Å². The summed E-state index contributed by atoms with van der Waals surface area (Å²) < 4.78 is 11.7. The van der Waals surface area contributed by atoms with E-state index in [1.807, 2.05) is 13.0 Å². The van der Waals surface area contributed by atoms with Crippen LogP contribution in [0.3, 0.4) is 0 Å². The van der Waals surface area contributed by atoms with Gasteiger partial charge in [0, 0.05) is 11.5 Å². The van der Waals surface area contributed by atoms with Crippen molar-refractivity contribution in [1.82, 2.24) is 0 Å². The highest BCUT2D eigenvalue weighted by atomic mass is 16.7. The summed E-state index contributed by atoms with van der Waals surface area (Å²) in [4.78, 5) is 0. The molecule has 3 rings (SSSR count). The highest BCUT2D eigenvalue weighted by Gasteiger charge is 2.45. The molecule has 5 N–H and O–H groups in total. The minimum atomic E-state index is -1.54. The lowest BCUT2D eigenvalue weighted by Gasteiger charge is -2.40. The predicted octanol–water partition coefficient (Wildman–Crippen LogP) is 3.32. The van der Waals surface area contributed by atoms with Gasteiger partial charge in [-0.25, -0.2) is 0 Å². The number of aliphatic hydroxyl groups excluding tert-OH is 4. The van der Waals surface area contributed by atoms with Crippen LogP contribution >= 0.6 is 0 Å². The van der Waals surface area contributed by atoms with Gasteiger partial charge in [-0.05, 0) is 63.1 Å². The number of aliphatic hydroxyl groups is 4. The summed E-state index contributed by atoms with van der Waals surface area (Å²) in [5.74, 6) is 0.405. The molecule has 0 amide bonds. The molecular formula is C27H40O7. The molecule has 34 heavy (non-hydrogen) atoms. The number of phenols is 1. The first-order valence-corrected chi connectivity index (χ1v) is 12.3. The Morgan fingerprint density at radius 1 is 1.15 bits per heavy atom. The van der Waals surface area contributed by atoms with Crippen LogP contribution in [0.5, 0.6) is 11.5 Å². The van der Waals surface area contributed by atoms with E-state index in [4.69, 9.17) is 9.47 Å². The van der Waals surface area contributed by atoms with Crippen molar-refractivity contribution in [3.63, 3.8) is 0 Å². The maximum atomic E-state index is 11.2. The normalized spacial score (nSPS) is 31.7. The summed E-state index contributed by atoms with van der Waals surface area (Å²) in [7, 11) is 0. The molecule has 0 radical (unpaired) electrons. The van der Waals surface area contributed by atoms with Crippen LogP contribution in [0.25, 0.3) is 0 Å². The Balaban J connectivity index is 2.03. The van der Waals surface area contributed by atoms with Gasteiger partial charge in [0.15, 0.2) is 0 Å². The molecular weight excluding hydrogens is 436 g/mol. The van der Waals surface area contributed by atoms with Crippen molar-refractivity contribution >= 4 is 0 Å². The summed E-state index contributed by atoms with van der Waals surface area (Å²) in [6.07, 6.45) is 0.911. The van der Waals surface area contributed by atoms with E-state index < -0.39 is 37.3 Å². The molecule has 7 heteroatoms. The van der Waals surface area contributed by atoms with E-state index in [9.17, 15) is 25.5 Å². The molecule has 1 heterocycles. The third kappa shape index (κ3) is 5.83. The van der Waals surface area contributed by atoms with Crippen LogP contribution in [0.15, 0.2) is 35.9 Å². The van der Waals surface area contributed by atoms with Gasteiger partial charge < -0.3 is 35.0 Å². The molecule has 0 spiro atoms. The molecule has 0 aromatic heterocycles. The fraction of sp³-hybridized carbons (Fsp3) is 0.630. The predicted molar refractivity (Wildman–Crippen MR) is 130 cm³/mol. The van der Waals surface area contributed by atoms with Crippen LogP contribution in [-0.2, 0) is 11.2 Å². The van der Waals surface area contributed by atoms with Crippen molar-refractivity contribution in [3.8, 4) is 11.5 Å². The van der Waals surface area contributed by atoms with E-state index in [1.54, 1.807) is 6.07 Å². The number of hydrogen-bond acceptors (Lipinski definition) is 7. The van der Waals surface area contributed by atoms with Gasteiger partial charge in [0.2, 0.25) is 6.29 Å². The molecule has 2 aliphatic rings. The maximum Gasteiger partial charge on any atom is 0.229 e. The van der Waals surface area contributed by atoms with Crippen molar-refractivity contribution in [2.75, 3.05) is 6.61 Å². The molecule has 1 saturated heterocycles. The zero-order valence-corrected chi connectivity index (χ0v) is 20.5. The first kappa shape index (κ1) is 26.7. The van der Waals surface area contributed by atoms with Crippen molar-refractivity contribution in [2.24, 2.45) is 5.92 Å². The second-order valence-electron chi connectivity index (χ2n) is 9.83. The van der Waals surface area contributed by atoms with Gasteiger partial charge in [0.05, 0.1) is 6.61 Å². The minimum absolute atomic E-state index is 0.107. The standard InChI is InChI=1S/C27H40O7/c1-5-6-7-8-17-12-20(29)23(19-11-16(4)9-10-18(19)15(2)3)21(13-17)33-27-26(32)25(31)24(30)22(14-28)34-27/h11-13,18-19,22,24-32H,2,5-10,14H2,1,3-4H3/t18-,19+,22+,24-,25+,26-,27+/m0/s1. The Kier molecular flexibility index (Phi) is 9.18. The van der Waals surface area contributed by atoms with Crippen LogP contribution in [0.1, 0.15) is 69.9 Å². The van der Waals surface area contributed by atoms with Crippen LogP contribution < -0.4 is 4.74 Å². The summed E-state index contributed by atoms with van der Waals surface area (Å²) in [6.45, 7) is 9.81. The molecule has 1 aromatic rings. The Hall–Kier alpha value is -1.90. The smallest absolute Gasteiger partial charge is 0.229 e. The van der Waals surface area contributed by atoms with Gasteiger partial charge in [-0.1, -0.05) is 43.6 Å². The highest BCUT2D eigenvalue weighted by molar-refractivity contribution is 5.52. The second kappa shape index (κ2) is 11.7. The van der Waals surface area contributed by atoms with Crippen molar-refractivity contribution < 1.29 is 35.0 Å². The summed E-state index contributed by atoms with van der Waals surface area (Å²) >= 11 is 0. The summed E-state index contributed by atoms with van der Waals surface area (Å²) in [6, 6.07) is 3.64. The third-order valence-electron chi connectivity index (χ3n) is 7.05. The van der Waals surface area contributed by atoms with Crippen LogP contribution in [-0.4, -0.2) is 62.8 Å². The lowest BCUT2D eigenvalue weighted by molar-refractivity contribution is -0.277. The Morgan fingerprint density at radius 3 is 2.53 bits per heavy atom. The second-order valence-corrected chi connectivity index (χ2v) is 9.83. The molecule has 1 fully saturated rings. The number of aromatic hydroxyl groups is 1. The quantitative estimate of drug-likeness (QED) is 0.274. The van der Waals surface area contributed by atoms with Crippen molar-refractivity contribution in [3.05, 3.63) is 47.1 Å². The lowest BCUT2D eigenvalue weighted by atomic mass is 9.73. The fourth-order valence-corrected chi connectivity index (χ4v) is 5.02. The SMILES string of the molecule is C=C(C)[C@@H]1CCC(C)=C[C@H]1c1c(O)cc(CCCCC)cc1O[C@@H]1O[C@H](CO)[C@H](O)[C@@H](O)[C@@H]1O. The van der Waals surface area contributed by atoms with Gasteiger partial charge in [0.1, 0.15) is 35.9 Å². The van der Waals surface area contributed by atoms with Crippen molar-refractivity contribution in [2.45, 2.75) is 95.9 Å². The van der Waals surface area contributed by atoms with Gasteiger partial charge in [-0.3, -0.25) is 0 Å². The number of ether oxygens (including phenoxy) is 2. The minimum Gasteiger partial charge on any atom is -0.507 e. The molecule has 1 aliphatic heterocycles. The largest absolute Gasteiger partial charge is 0.507 e. The molecule has 7 nitrogen and oxygen atoms in total. The molecule has 190 valence electrons. The van der Waals surface area contributed by atoms with Crippen molar-refractivity contribution in [1.29, 1.82) is 0 Å². The van der Waals surface area contributed by atoms with E-state index in [-0.39, 0.29) is 17.6 Å². The zero-order chi connectivity index (χ0) is 25.0. The number of rotatable bonds is 9. The Labute approximate surface area is 202 Å². The number of benzene rings is 1. The van der Waals surface area contributed by atoms with E-state index in [0.717, 1.165) is 49.7 Å². The van der Waals surface area contributed by atoms with Crippen LogP contribution in [0, 0.1) is 5.92 Å². The first-order chi connectivity index (χ1) is 16.2. The maximum absolute atomic E-state index is 11.2. The van der Waals surface area contributed by atoms with Crippen LogP contribution in [0.2, 0.25) is 0 Å². The first-order valence-electron chi connectivity index (χ1n) is 12.3. The van der Waals surface area contributed by atoms with E-state index in [1.165, 1.54) is 5.57 Å². The number of allylic oxidation sites excluding steroid dienone is 3. The van der Waals surface area contributed by atoms with E-state index in [0.29, 0.717) is 11.3 Å². The van der Waals surface area contributed by atoms with Crippen LogP contribution in [0.4, 0.5) is 0 Å². The van der Waals surface area contributed by atoms with E-state index in [2.05, 4.69) is 26.5 Å². The summed E-state index contributed by atoms with van der Waals surface area (Å²) in [5.41, 5.74) is 3.72. The fourth-order valence-electron chi connectivity index (χ4n) is 5.02. The van der Waals surface area contributed by atoms with Gasteiger partial charge >= 0.3 is 0 Å². The zero-order valence-electron chi connectivity index (χ0n) is 20.5. The number of hydrogen-bond donors (Lipinski definition) is 5. The number of unbranched alkanes of at least 4 members (excludes halogenated alkanes) is 2. The monoisotopic (exact) mass is 476 g/mol. The average molecular weight is 477 g/mol. The highest BCUT2D eigenvalue weighted by Crippen LogP contribution is 2.47. The molecule has 1 aliphatic carbocycles. The Bertz CT molecular complexity index is 878. The molecule has 1 aromatic carbocycles. The third-order valence-corrected chi connectivity index (χ3v) is 7.05. The van der Waals surface area contributed by atoms with Gasteiger partial charge in [-0.2, -0.15) is 0 Å². The molecule has 0 bridgehead atoms. The molecule has 0 saturated carbocycles. The number of aryl methyl sites for hydroxylation is 1. The Morgan fingerprint density at radius 2 is 1.88 bits per heavy atom. The topological polar surface area (TPSA) is 120 Å². The molecule has 0 unspecified atom stereocenters.